The topological polar surface area (TPSA) is 69.4 Å². The number of likely N-dealkylation sites (N-methyl/N-ethyl adjacent to an activating group) is 1. The maximum atomic E-state index is 6.10. The molecule has 1 aromatic heterocycles. The quantitative estimate of drug-likeness (QED) is 0.828. The summed E-state index contributed by atoms with van der Waals surface area (Å²) < 4.78 is 12.2. The van der Waals surface area contributed by atoms with Gasteiger partial charge < -0.3 is 20.4 Å². The van der Waals surface area contributed by atoms with Crippen LogP contribution >= 0.6 is 0 Å². The summed E-state index contributed by atoms with van der Waals surface area (Å²) in [5.74, 6) is 0.512. The summed E-state index contributed by atoms with van der Waals surface area (Å²) in [4.78, 5) is 4.11. The van der Waals surface area contributed by atoms with Crippen molar-refractivity contribution in [3.05, 3.63) is 29.4 Å². The highest BCUT2D eigenvalue weighted by atomic mass is 16.7. The highest BCUT2D eigenvalue weighted by molar-refractivity contribution is 6.55. The Kier molecular flexibility index (Phi) is 4.42. The summed E-state index contributed by atoms with van der Waals surface area (Å²) in [5, 5.41) is 3.16. The monoisotopic (exact) mass is 289 g/mol. The fraction of sp³-hybridized carbons (Fsp3) is 0.533. The summed E-state index contributed by atoms with van der Waals surface area (Å²) in [5.41, 5.74) is 6.94. The number of nitrogens with two attached hydrogens (primary N) is 1. The first-order valence-corrected chi connectivity index (χ1v) is 7.17. The molecule has 2 heterocycles. The number of hydrogen-bond acceptors (Lipinski definition) is 5. The number of nitrogen functional groups attached to an aromatic ring is 1. The molecule has 6 heteroatoms. The molecular formula is C15H24BN3O2. The lowest BCUT2D eigenvalue weighted by Crippen LogP contribution is -2.41. The Labute approximate surface area is 127 Å². The lowest BCUT2D eigenvalue weighted by atomic mass is 9.77. The molecule has 1 aliphatic heterocycles. The fourth-order valence-electron chi connectivity index (χ4n) is 2.12. The Bertz CT molecular complexity index is 510. The average Bonchev–Trinajstić information content (AvgIpc) is 2.60. The predicted octanol–water partition coefficient (Wildman–Crippen LogP) is 1.90. The largest absolute Gasteiger partial charge is 0.491 e. The van der Waals surface area contributed by atoms with E-state index in [-0.39, 0.29) is 18.3 Å². The molecule has 0 bridgehead atoms. The number of hydrogen-bond donors (Lipinski definition) is 2. The van der Waals surface area contributed by atoms with Crippen molar-refractivity contribution in [3.63, 3.8) is 0 Å². The second kappa shape index (κ2) is 5.79. The van der Waals surface area contributed by atoms with Gasteiger partial charge in [-0.3, -0.25) is 0 Å². The van der Waals surface area contributed by atoms with E-state index in [1.54, 1.807) is 12.3 Å². The predicted molar refractivity (Wildman–Crippen MR) is 86.6 cm³/mol. The number of nitrogens with zero attached hydrogens (tertiary/aromatic N) is 1. The molecule has 0 unspecified atom stereocenters. The summed E-state index contributed by atoms with van der Waals surface area (Å²) in [6, 6.07) is 3.72. The van der Waals surface area contributed by atoms with Gasteiger partial charge in [-0.1, -0.05) is 6.08 Å². The van der Waals surface area contributed by atoms with Gasteiger partial charge in [-0.15, -0.1) is 0 Å². The highest BCUT2D eigenvalue weighted by Gasteiger charge is 2.52. The van der Waals surface area contributed by atoms with Gasteiger partial charge in [0.15, 0.2) is 0 Å². The van der Waals surface area contributed by atoms with Crippen LogP contribution in [-0.4, -0.2) is 36.9 Å². The minimum absolute atomic E-state index is 0.343. The van der Waals surface area contributed by atoms with E-state index >= 15 is 0 Å². The van der Waals surface area contributed by atoms with Gasteiger partial charge in [0.1, 0.15) is 5.82 Å². The van der Waals surface area contributed by atoms with Gasteiger partial charge in [-0.25, -0.2) is 4.98 Å². The zero-order valence-corrected chi connectivity index (χ0v) is 13.4. The van der Waals surface area contributed by atoms with Gasteiger partial charge in [0, 0.05) is 12.7 Å². The molecule has 3 N–H and O–H groups in total. The molecule has 1 aliphatic rings. The van der Waals surface area contributed by atoms with E-state index in [0.717, 1.165) is 11.0 Å². The zero-order valence-electron chi connectivity index (χ0n) is 13.4. The molecule has 21 heavy (non-hydrogen) atoms. The van der Waals surface area contributed by atoms with Gasteiger partial charge in [-0.2, -0.15) is 0 Å². The van der Waals surface area contributed by atoms with Crippen LogP contribution in [0.1, 0.15) is 33.3 Å². The van der Waals surface area contributed by atoms with Crippen LogP contribution in [0.4, 0.5) is 5.82 Å². The van der Waals surface area contributed by atoms with E-state index in [2.05, 4.69) is 38.0 Å². The lowest BCUT2D eigenvalue weighted by molar-refractivity contribution is 0.00578. The van der Waals surface area contributed by atoms with Crippen molar-refractivity contribution in [3.8, 4) is 0 Å². The van der Waals surface area contributed by atoms with E-state index in [0.29, 0.717) is 12.4 Å². The second-order valence-electron chi connectivity index (χ2n) is 6.35. The first kappa shape index (κ1) is 16.0. The molecule has 1 aromatic rings. The number of pyridine rings is 1. The standard InChI is InChI=1S/C15H24BN3O2/c1-14(2)15(3,4)21-16(20-14)12(10-18-5)8-11-6-7-13(17)19-9-11/h6-9,18H,10H2,1-5H3,(H2,17,19). The summed E-state index contributed by atoms with van der Waals surface area (Å²) in [7, 11) is 1.54. The molecule has 0 radical (unpaired) electrons. The average molecular weight is 289 g/mol. The van der Waals surface area contributed by atoms with E-state index in [9.17, 15) is 0 Å². The highest BCUT2D eigenvalue weighted by Crippen LogP contribution is 2.38. The minimum Gasteiger partial charge on any atom is -0.400 e. The third-order valence-electron chi connectivity index (χ3n) is 4.10. The van der Waals surface area contributed by atoms with Gasteiger partial charge >= 0.3 is 7.12 Å². The molecule has 114 valence electrons. The number of anilines is 1. The van der Waals surface area contributed by atoms with E-state index in [1.165, 1.54) is 0 Å². The Balaban J connectivity index is 2.26. The van der Waals surface area contributed by atoms with E-state index < -0.39 is 0 Å². The van der Waals surface area contributed by atoms with Crippen LogP contribution in [0, 0.1) is 0 Å². The molecule has 1 fully saturated rings. The van der Waals surface area contributed by atoms with Crippen molar-refractivity contribution in [1.29, 1.82) is 0 Å². The SMILES string of the molecule is CNCC(=Cc1ccc(N)nc1)B1OC(C)(C)C(C)(C)O1. The van der Waals surface area contributed by atoms with Crippen molar-refractivity contribution < 1.29 is 9.31 Å². The van der Waals surface area contributed by atoms with Gasteiger partial charge in [0.05, 0.1) is 11.2 Å². The number of rotatable bonds is 4. The molecule has 0 saturated carbocycles. The van der Waals surface area contributed by atoms with Crippen LogP contribution in [0.5, 0.6) is 0 Å². The van der Waals surface area contributed by atoms with Crippen molar-refractivity contribution in [2.75, 3.05) is 19.3 Å². The molecule has 5 nitrogen and oxygen atoms in total. The zero-order chi connectivity index (χ0) is 15.7. The smallest absolute Gasteiger partial charge is 0.400 e. The van der Waals surface area contributed by atoms with Crippen LogP contribution < -0.4 is 11.1 Å². The number of aromatic nitrogens is 1. The normalized spacial score (nSPS) is 20.8. The lowest BCUT2D eigenvalue weighted by Gasteiger charge is -2.32. The maximum absolute atomic E-state index is 6.10. The van der Waals surface area contributed by atoms with Crippen LogP contribution in [0.3, 0.4) is 0 Å². The Hall–Kier alpha value is -1.37. The molecule has 1 saturated heterocycles. The Morgan fingerprint density at radius 2 is 1.90 bits per heavy atom. The second-order valence-corrected chi connectivity index (χ2v) is 6.35. The molecule has 2 rings (SSSR count). The Morgan fingerprint density at radius 1 is 1.29 bits per heavy atom. The van der Waals surface area contributed by atoms with Crippen LogP contribution in [0.25, 0.3) is 6.08 Å². The maximum Gasteiger partial charge on any atom is 0.491 e. The summed E-state index contributed by atoms with van der Waals surface area (Å²) >= 11 is 0. The van der Waals surface area contributed by atoms with Gasteiger partial charge in [0.25, 0.3) is 0 Å². The van der Waals surface area contributed by atoms with Gasteiger partial charge in [0.2, 0.25) is 0 Å². The van der Waals surface area contributed by atoms with E-state index in [1.807, 2.05) is 19.2 Å². The Morgan fingerprint density at radius 3 is 2.38 bits per heavy atom. The third kappa shape index (κ3) is 3.45. The molecule has 0 aromatic carbocycles. The first-order chi connectivity index (χ1) is 9.75. The number of nitrogens with one attached hydrogen (secondary N) is 1. The van der Waals surface area contributed by atoms with Crippen LogP contribution in [0.2, 0.25) is 0 Å². The molecule has 0 amide bonds. The van der Waals surface area contributed by atoms with Crippen molar-refractivity contribution in [2.45, 2.75) is 38.9 Å². The third-order valence-corrected chi connectivity index (χ3v) is 4.10. The first-order valence-electron chi connectivity index (χ1n) is 7.17. The van der Waals surface area contributed by atoms with E-state index in [4.69, 9.17) is 15.0 Å². The summed E-state index contributed by atoms with van der Waals surface area (Å²) in [6.07, 6.45) is 3.78. The molecule has 0 atom stereocenters. The van der Waals surface area contributed by atoms with Crippen molar-refractivity contribution in [1.82, 2.24) is 10.3 Å². The van der Waals surface area contributed by atoms with Crippen LogP contribution in [-0.2, 0) is 9.31 Å². The molecular weight excluding hydrogens is 265 g/mol. The van der Waals surface area contributed by atoms with Crippen molar-refractivity contribution in [2.24, 2.45) is 0 Å². The minimum atomic E-state index is -0.361. The molecule has 0 spiro atoms. The van der Waals surface area contributed by atoms with Gasteiger partial charge in [-0.05, 0) is 57.9 Å². The summed E-state index contributed by atoms with van der Waals surface area (Å²) in [6.45, 7) is 8.88. The molecule has 0 aliphatic carbocycles. The van der Waals surface area contributed by atoms with Crippen LogP contribution in [0.15, 0.2) is 23.8 Å². The van der Waals surface area contributed by atoms with Crippen molar-refractivity contribution >= 4 is 19.0 Å². The fourth-order valence-corrected chi connectivity index (χ4v) is 2.12.